The van der Waals surface area contributed by atoms with E-state index in [4.69, 9.17) is 16.3 Å². The Morgan fingerprint density at radius 2 is 2.30 bits per heavy atom. The van der Waals surface area contributed by atoms with Crippen molar-refractivity contribution < 1.29 is 14.6 Å². The number of halogens is 1. The number of aldehydes is 1. The van der Waals surface area contributed by atoms with Gasteiger partial charge in [0.2, 0.25) is 5.88 Å². The monoisotopic (exact) mass is 332 g/mol. The van der Waals surface area contributed by atoms with E-state index in [1.165, 1.54) is 0 Å². The first kappa shape index (κ1) is 15.8. The summed E-state index contributed by atoms with van der Waals surface area (Å²) in [5.41, 5.74) is 2.23. The van der Waals surface area contributed by atoms with E-state index in [9.17, 15) is 9.90 Å². The van der Waals surface area contributed by atoms with Crippen LogP contribution in [0.3, 0.4) is 0 Å². The number of hydrogen-bond acceptors (Lipinski definition) is 5. The van der Waals surface area contributed by atoms with Crippen molar-refractivity contribution in [1.29, 1.82) is 0 Å². The lowest BCUT2D eigenvalue weighted by atomic mass is 10.1. The van der Waals surface area contributed by atoms with Crippen molar-refractivity contribution in [2.75, 3.05) is 18.0 Å². The molecule has 1 N–H and O–H groups in total. The molecular formula is C17H17ClN2O3. The standard InChI is InChI=1S/C17H17ClN2O3/c18-15-2-1-6-19-17(15)23-14-5-7-20(9-14)16-4-3-12(10-21)8-13(16)11-22/h1-4,6,8,10,14,22H,5,7,9,11H2. The minimum atomic E-state index is -0.106. The number of anilines is 1. The Labute approximate surface area is 139 Å². The number of aromatic nitrogens is 1. The highest BCUT2D eigenvalue weighted by atomic mass is 35.5. The Morgan fingerprint density at radius 3 is 3.04 bits per heavy atom. The van der Waals surface area contributed by atoms with Crippen LogP contribution >= 0.6 is 11.6 Å². The van der Waals surface area contributed by atoms with Crippen molar-refractivity contribution in [3.05, 3.63) is 52.7 Å². The van der Waals surface area contributed by atoms with Gasteiger partial charge >= 0.3 is 0 Å². The average Bonchev–Trinajstić information content (AvgIpc) is 3.04. The van der Waals surface area contributed by atoms with E-state index >= 15 is 0 Å². The predicted molar refractivity (Wildman–Crippen MR) is 88.2 cm³/mol. The lowest BCUT2D eigenvalue weighted by Crippen LogP contribution is -2.25. The molecule has 1 aromatic carbocycles. The Balaban J connectivity index is 1.72. The maximum absolute atomic E-state index is 10.9. The minimum Gasteiger partial charge on any atom is -0.471 e. The largest absolute Gasteiger partial charge is 0.471 e. The van der Waals surface area contributed by atoms with E-state index in [-0.39, 0.29) is 12.7 Å². The van der Waals surface area contributed by atoms with E-state index in [1.807, 2.05) is 6.07 Å². The molecule has 0 spiro atoms. The second kappa shape index (κ2) is 6.98. The number of hydrogen-bond donors (Lipinski definition) is 1. The quantitative estimate of drug-likeness (QED) is 0.853. The fourth-order valence-corrected chi connectivity index (χ4v) is 2.94. The first-order valence-corrected chi connectivity index (χ1v) is 7.80. The van der Waals surface area contributed by atoms with Crippen molar-refractivity contribution in [1.82, 2.24) is 4.98 Å². The van der Waals surface area contributed by atoms with Crippen LogP contribution < -0.4 is 9.64 Å². The fraction of sp³-hybridized carbons (Fsp3) is 0.294. The number of carbonyl (C=O) groups excluding carboxylic acids is 1. The van der Waals surface area contributed by atoms with Crippen LogP contribution in [0.2, 0.25) is 5.02 Å². The SMILES string of the molecule is O=Cc1ccc(N2CCC(Oc3ncccc3Cl)C2)c(CO)c1. The number of benzene rings is 1. The van der Waals surface area contributed by atoms with Gasteiger partial charge in [0.25, 0.3) is 0 Å². The highest BCUT2D eigenvalue weighted by molar-refractivity contribution is 6.31. The molecule has 1 atom stereocenters. The van der Waals surface area contributed by atoms with Crippen molar-refractivity contribution in [2.24, 2.45) is 0 Å². The van der Waals surface area contributed by atoms with Gasteiger partial charge < -0.3 is 14.7 Å². The molecule has 1 aromatic heterocycles. The molecule has 2 heterocycles. The Hall–Kier alpha value is -2.11. The summed E-state index contributed by atoms with van der Waals surface area (Å²) < 4.78 is 5.87. The second-order valence-corrected chi connectivity index (χ2v) is 5.84. The Kier molecular flexibility index (Phi) is 4.79. The number of nitrogens with zero attached hydrogens (tertiary/aromatic N) is 2. The lowest BCUT2D eigenvalue weighted by molar-refractivity contribution is 0.112. The first-order valence-electron chi connectivity index (χ1n) is 7.42. The normalized spacial score (nSPS) is 17.3. The number of carbonyl (C=O) groups is 1. The number of rotatable bonds is 5. The van der Waals surface area contributed by atoms with Gasteiger partial charge in [0.1, 0.15) is 17.4 Å². The summed E-state index contributed by atoms with van der Waals surface area (Å²) >= 11 is 6.07. The van der Waals surface area contributed by atoms with Gasteiger partial charge in [-0.1, -0.05) is 11.6 Å². The van der Waals surface area contributed by atoms with Gasteiger partial charge in [0, 0.05) is 36.0 Å². The molecule has 120 valence electrons. The second-order valence-electron chi connectivity index (χ2n) is 5.43. The highest BCUT2D eigenvalue weighted by Crippen LogP contribution is 2.29. The lowest BCUT2D eigenvalue weighted by Gasteiger charge is -2.22. The zero-order valence-electron chi connectivity index (χ0n) is 12.5. The third kappa shape index (κ3) is 3.46. The van der Waals surface area contributed by atoms with Crippen LogP contribution in [-0.2, 0) is 6.61 Å². The summed E-state index contributed by atoms with van der Waals surface area (Å²) in [6.45, 7) is 1.38. The molecule has 1 saturated heterocycles. The van der Waals surface area contributed by atoms with Crippen molar-refractivity contribution >= 4 is 23.6 Å². The summed E-state index contributed by atoms with van der Waals surface area (Å²) in [7, 11) is 0. The molecule has 6 heteroatoms. The van der Waals surface area contributed by atoms with E-state index in [0.29, 0.717) is 23.0 Å². The number of aliphatic hydroxyl groups excluding tert-OH is 1. The summed E-state index contributed by atoms with van der Waals surface area (Å²) in [5.74, 6) is 0.444. The molecule has 0 saturated carbocycles. The maximum Gasteiger partial charge on any atom is 0.232 e. The average molecular weight is 333 g/mol. The molecule has 0 amide bonds. The van der Waals surface area contributed by atoms with Gasteiger partial charge in [-0.25, -0.2) is 4.98 Å². The molecule has 1 fully saturated rings. The van der Waals surface area contributed by atoms with Gasteiger partial charge in [-0.05, 0) is 30.3 Å². The molecule has 2 aromatic rings. The van der Waals surface area contributed by atoms with E-state index in [0.717, 1.165) is 30.5 Å². The first-order chi connectivity index (χ1) is 11.2. The Morgan fingerprint density at radius 1 is 1.43 bits per heavy atom. The van der Waals surface area contributed by atoms with Crippen LogP contribution in [0.5, 0.6) is 5.88 Å². The van der Waals surface area contributed by atoms with Crippen molar-refractivity contribution in [3.8, 4) is 5.88 Å². The molecule has 3 rings (SSSR count). The zero-order chi connectivity index (χ0) is 16.2. The van der Waals surface area contributed by atoms with E-state index in [2.05, 4.69) is 9.88 Å². The summed E-state index contributed by atoms with van der Waals surface area (Å²) in [6.07, 6.45) is 3.25. The third-order valence-electron chi connectivity index (χ3n) is 3.90. The van der Waals surface area contributed by atoms with Crippen molar-refractivity contribution in [3.63, 3.8) is 0 Å². The number of aliphatic hydroxyl groups is 1. The van der Waals surface area contributed by atoms with Crippen molar-refractivity contribution in [2.45, 2.75) is 19.1 Å². The summed E-state index contributed by atoms with van der Waals surface area (Å²) in [5, 5.41) is 10.0. The smallest absolute Gasteiger partial charge is 0.232 e. The van der Waals surface area contributed by atoms with Crippen LogP contribution in [0.15, 0.2) is 36.5 Å². The zero-order valence-corrected chi connectivity index (χ0v) is 13.2. The topological polar surface area (TPSA) is 62.7 Å². The Bertz CT molecular complexity index is 708. The highest BCUT2D eigenvalue weighted by Gasteiger charge is 2.26. The van der Waals surface area contributed by atoms with Gasteiger partial charge in [-0.15, -0.1) is 0 Å². The minimum absolute atomic E-state index is 0.0142. The van der Waals surface area contributed by atoms with Crippen LogP contribution in [0.1, 0.15) is 22.3 Å². The number of pyridine rings is 1. The molecule has 1 unspecified atom stereocenters. The van der Waals surface area contributed by atoms with Crippen LogP contribution in [0, 0.1) is 0 Å². The number of ether oxygens (including phenoxy) is 1. The molecule has 0 aliphatic carbocycles. The summed E-state index contributed by atoms with van der Waals surface area (Å²) in [4.78, 5) is 17.1. The molecule has 1 aliphatic heterocycles. The van der Waals surface area contributed by atoms with Gasteiger partial charge in [-0.3, -0.25) is 4.79 Å². The predicted octanol–water partition coefficient (Wildman–Crippen LogP) is 2.70. The van der Waals surface area contributed by atoms with E-state index < -0.39 is 0 Å². The van der Waals surface area contributed by atoms with Crippen LogP contribution in [-0.4, -0.2) is 35.6 Å². The molecular weight excluding hydrogens is 316 g/mol. The van der Waals surface area contributed by atoms with Gasteiger partial charge in [-0.2, -0.15) is 0 Å². The molecule has 23 heavy (non-hydrogen) atoms. The van der Waals surface area contributed by atoms with Gasteiger partial charge in [0.15, 0.2) is 0 Å². The molecule has 0 radical (unpaired) electrons. The maximum atomic E-state index is 10.9. The molecule has 0 bridgehead atoms. The fourth-order valence-electron chi connectivity index (χ4n) is 2.77. The third-order valence-corrected chi connectivity index (χ3v) is 4.19. The van der Waals surface area contributed by atoms with Gasteiger partial charge in [0.05, 0.1) is 13.2 Å². The molecule has 5 nitrogen and oxygen atoms in total. The molecule has 1 aliphatic rings. The van der Waals surface area contributed by atoms with E-state index in [1.54, 1.807) is 30.5 Å². The van der Waals surface area contributed by atoms with Crippen LogP contribution in [0.25, 0.3) is 0 Å². The van der Waals surface area contributed by atoms with Crippen LogP contribution in [0.4, 0.5) is 5.69 Å². The summed E-state index contributed by atoms with van der Waals surface area (Å²) in [6, 6.07) is 8.85.